The Morgan fingerprint density at radius 3 is 2.43 bits per heavy atom. The van der Waals surface area contributed by atoms with Gasteiger partial charge in [-0.25, -0.2) is 0 Å². The highest BCUT2D eigenvalue weighted by Crippen LogP contribution is 2.27. The lowest BCUT2D eigenvalue weighted by Crippen LogP contribution is -2.41. The van der Waals surface area contributed by atoms with Crippen LogP contribution in [0.5, 0.6) is 5.75 Å². The SMILES string of the molecule is CCOc1ccc(C(=O)NNC(=O)CCC2CCCCC2)cc1. The Bertz CT molecular complexity index is 508. The second kappa shape index (κ2) is 9.18. The van der Waals surface area contributed by atoms with E-state index < -0.39 is 0 Å². The van der Waals surface area contributed by atoms with E-state index in [1.54, 1.807) is 24.3 Å². The molecule has 0 unspecified atom stereocenters. The van der Waals surface area contributed by atoms with Crippen LogP contribution in [0.4, 0.5) is 0 Å². The molecule has 1 aliphatic rings. The van der Waals surface area contributed by atoms with Gasteiger partial charge in [-0.05, 0) is 43.5 Å². The first-order valence-corrected chi connectivity index (χ1v) is 8.51. The largest absolute Gasteiger partial charge is 0.494 e. The highest BCUT2D eigenvalue weighted by atomic mass is 16.5. The van der Waals surface area contributed by atoms with Crippen LogP contribution in [-0.2, 0) is 4.79 Å². The molecule has 0 aromatic heterocycles. The molecule has 0 atom stereocenters. The third-order valence-electron chi connectivity index (χ3n) is 4.25. The number of ether oxygens (including phenoxy) is 1. The lowest BCUT2D eigenvalue weighted by molar-refractivity contribution is -0.122. The van der Waals surface area contributed by atoms with Crippen molar-refractivity contribution in [1.29, 1.82) is 0 Å². The van der Waals surface area contributed by atoms with Crippen LogP contribution in [-0.4, -0.2) is 18.4 Å². The van der Waals surface area contributed by atoms with Gasteiger partial charge in [-0.3, -0.25) is 20.4 Å². The molecule has 2 rings (SSSR count). The van der Waals surface area contributed by atoms with Crippen LogP contribution in [0, 0.1) is 5.92 Å². The average molecular weight is 318 g/mol. The molecule has 0 saturated heterocycles. The average Bonchev–Trinajstić information content (AvgIpc) is 2.59. The summed E-state index contributed by atoms with van der Waals surface area (Å²) in [5, 5.41) is 0. The molecule has 0 aliphatic heterocycles. The fraction of sp³-hybridized carbons (Fsp3) is 0.556. The number of hydrogen-bond donors (Lipinski definition) is 2. The summed E-state index contributed by atoms with van der Waals surface area (Å²) < 4.78 is 5.33. The predicted octanol–water partition coefficient (Wildman–Crippen LogP) is 3.21. The fourth-order valence-electron chi connectivity index (χ4n) is 2.94. The molecule has 0 heterocycles. The Hall–Kier alpha value is -2.04. The van der Waals surface area contributed by atoms with Crippen molar-refractivity contribution in [1.82, 2.24) is 10.9 Å². The Labute approximate surface area is 137 Å². The second-order valence-electron chi connectivity index (χ2n) is 6.00. The molecular formula is C18H26N2O3. The van der Waals surface area contributed by atoms with Crippen molar-refractivity contribution in [2.75, 3.05) is 6.61 Å². The lowest BCUT2D eigenvalue weighted by atomic mass is 9.86. The predicted molar refractivity (Wildman–Crippen MR) is 89.0 cm³/mol. The van der Waals surface area contributed by atoms with Crippen molar-refractivity contribution in [2.45, 2.75) is 51.9 Å². The molecule has 1 aromatic rings. The molecule has 1 fully saturated rings. The zero-order valence-corrected chi connectivity index (χ0v) is 13.8. The summed E-state index contributed by atoms with van der Waals surface area (Å²) in [7, 11) is 0. The molecular weight excluding hydrogens is 292 g/mol. The van der Waals surface area contributed by atoms with Gasteiger partial charge in [-0.2, -0.15) is 0 Å². The third-order valence-corrected chi connectivity index (χ3v) is 4.25. The standard InChI is InChI=1S/C18H26N2O3/c1-2-23-16-11-9-15(10-12-16)18(22)20-19-17(21)13-8-14-6-4-3-5-7-14/h9-12,14H,2-8,13H2,1H3,(H,19,21)(H,20,22). The van der Waals surface area contributed by atoms with E-state index in [9.17, 15) is 9.59 Å². The van der Waals surface area contributed by atoms with E-state index in [2.05, 4.69) is 10.9 Å². The van der Waals surface area contributed by atoms with Crippen molar-refractivity contribution in [3.8, 4) is 5.75 Å². The minimum absolute atomic E-state index is 0.130. The van der Waals surface area contributed by atoms with Crippen LogP contribution in [0.25, 0.3) is 0 Å². The highest BCUT2D eigenvalue weighted by Gasteiger charge is 2.15. The van der Waals surface area contributed by atoms with Gasteiger partial charge in [0.1, 0.15) is 5.75 Å². The summed E-state index contributed by atoms with van der Waals surface area (Å²) in [6, 6.07) is 6.83. The zero-order chi connectivity index (χ0) is 16.5. The van der Waals surface area contributed by atoms with Gasteiger partial charge >= 0.3 is 0 Å². The lowest BCUT2D eigenvalue weighted by Gasteiger charge is -2.21. The minimum atomic E-state index is -0.320. The number of carbonyl (C=O) groups is 2. The van der Waals surface area contributed by atoms with E-state index in [0.717, 1.165) is 12.2 Å². The third kappa shape index (κ3) is 5.93. The van der Waals surface area contributed by atoms with Gasteiger partial charge in [0.2, 0.25) is 5.91 Å². The molecule has 0 spiro atoms. The topological polar surface area (TPSA) is 67.4 Å². The van der Waals surface area contributed by atoms with Crippen molar-refractivity contribution >= 4 is 11.8 Å². The number of hydrogen-bond acceptors (Lipinski definition) is 3. The summed E-state index contributed by atoms with van der Waals surface area (Å²) in [6.07, 6.45) is 7.71. The highest BCUT2D eigenvalue weighted by molar-refractivity contribution is 5.95. The van der Waals surface area contributed by atoms with E-state index in [0.29, 0.717) is 24.5 Å². The molecule has 2 N–H and O–H groups in total. The van der Waals surface area contributed by atoms with Crippen LogP contribution >= 0.6 is 0 Å². The van der Waals surface area contributed by atoms with E-state index in [1.165, 1.54) is 32.1 Å². The zero-order valence-electron chi connectivity index (χ0n) is 13.8. The number of carbonyl (C=O) groups excluding carboxylic acids is 2. The first-order chi connectivity index (χ1) is 11.2. The Morgan fingerprint density at radius 2 is 1.78 bits per heavy atom. The first kappa shape index (κ1) is 17.3. The molecule has 0 bridgehead atoms. The van der Waals surface area contributed by atoms with Crippen molar-refractivity contribution in [3.63, 3.8) is 0 Å². The smallest absolute Gasteiger partial charge is 0.269 e. The second-order valence-corrected chi connectivity index (χ2v) is 6.00. The van der Waals surface area contributed by atoms with E-state index >= 15 is 0 Å². The summed E-state index contributed by atoms with van der Waals surface area (Å²) in [5.74, 6) is 0.936. The van der Waals surface area contributed by atoms with Gasteiger partial charge in [-0.1, -0.05) is 32.1 Å². The maximum Gasteiger partial charge on any atom is 0.269 e. The summed E-state index contributed by atoms with van der Waals surface area (Å²) in [5.41, 5.74) is 5.44. The molecule has 0 radical (unpaired) electrons. The first-order valence-electron chi connectivity index (χ1n) is 8.51. The van der Waals surface area contributed by atoms with Crippen molar-refractivity contribution in [2.24, 2.45) is 5.92 Å². The fourth-order valence-corrected chi connectivity index (χ4v) is 2.94. The van der Waals surface area contributed by atoms with E-state index in [4.69, 9.17) is 4.74 Å². The summed E-state index contributed by atoms with van der Waals surface area (Å²) in [6.45, 7) is 2.49. The molecule has 5 nitrogen and oxygen atoms in total. The van der Waals surface area contributed by atoms with Gasteiger partial charge in [0, 0.05) is 12.0 Å². The Balaban J connectivity index is 1.69. The Morgan fingerprint density at radius 1 is 1.09 bits per heavy atom. The quantitative estimate of drug-likeness (QED) is 0.792. The van der Waals surface area contributed by atoms with Gasteiger partial charge in [-0.15, -0.1) is 0 Å². The van der Waals surface area contributed by atoms with Gasteiger partial charge in [0.25, 0.3) is 5.91 Å². The number of rotatable bonds is 6. The monoisotopic (exact) mass is 318 g/mol. The normalized spacial score (nSPS) is 15.0. The van der Waals surface area contributed by atoms with Gasteiger partial charge < -0.3 is 4.74 Å². The Kier molecular flexibility index (Phi) is 6.91. The number of nitrogens with one attached hydrogen (secondary N) is 2. The van der Waals surface area contributed by atoms with Gasteiger partial charge in [0.15, 0.2) is 0 Å². The summed E-state index contributed by atoms with van der Waals surface area (Å²) in [4.78, 5) is 23.8. The molecule has 1 aliphatic carbocycles. The molecule has 5 heteroatoms. The minimum Gasteiger partial charge on any atom is -0.494 e. The van der Waals surface area contributed by atoms with Crippen LogP contribution in [0.15, 0.2) is 24.3 Å². The number of hydrazine groups is 1. The number of benzene rings is 1. The number of amides is 2. The van der Waals surface area contributed by atoms with Crippen LogP contribution in [0.3, 0.4) is 0 Å². The molecule has 1 aromatic carbocycles. The van der Waals surface area contributed by atoms with Gasteiger partial charge in [0.05, 0.1) is 6.61 Å². The van der Waals surface area contributed by atoms with E-state index in [1.807, 2.05) is 6.92 Å². The summed E-state index contributed by atoms with van der Waals surface area (Å²) >= 11 is 0. The molecule has 1 saturated carbocycles. The van der Waals surface area contributed by atoms with Crippen molar-refractivity contribution < 1.29 is 14.3 Å². The van der Waals surface area contributed by atoms with Crippen LogP contribution in [0.1, 0.15) is 62.2 Å². The van der Waals surface area contributed by atoms with Crippen LogP contribution < -0.4 is 15.6 Å². The van der Waals surface area contributed by atoms with Crippen molar-refractivity contribution in [3.05, 3.63) is 29.8 Å². The van der Waals surface area contributed by atoms with Crippen LogP contribution in [0.2, 0.25) is 0 Å². The maximum atomic E-state index is 12.0. The molecule has 23 heavy (non-hydrogen) atoms. The molecule has 2 amide bonds. The molecule has 126 valence electrons. The maximum absolute atomic E-state index is 12.0. The van der Waals surface area contributed by atoms with E-state index in [-0.39, 0.29) is 11.8 Å².